The van der Waals surface area contributed by atoms with Gasteiger partial charge in [-0.2, -0.15) is 0 Å². The summed E-state index contributed by atoms with van der Waals surface area (Å²) in [5.74, 6) is 1.98. The number of ether oxygens (including phenoxy) is 1. The fraction of sp³-hybridized carbons (Fsp3) is 0.625. The third-order valence-electron chi connectivity index (χ3n) is 1.71. The monoisotopic (exact) mass is 300 g/mol. The smallest absolute Gasteiger partial charge is 0.338 e. The molecular formula is C8H13IO2S. The van der Waals surface area contributed by atoms with Crippen molar-refractivity contribution in [2.24, 2.45) is 0 Å². The topological polar surface area (TPSA) is 26.3 Å². The van der Waals surface area contributed by atoms with Gasteiger partial charge in [0.05, 0.1) is 18.9 Å². The summed E-state index contributed by atoms with van der Waals surface area (Å²) >= 11 is 0. The summed E-state index contributed by atoms with van der Waals surface area (Å²) < 4.78 is 4.64. The number of carbonyl (C=O) groups is 1. The van der Waals surface area contributed by atoms with Gasteiger partial charge in [0.15, 0.2) is 0 Å². The van der Waals surface area contributed by atoms with Crippen molar-refractivity contribution in [3.05, 3.63) is 11.6 Å². The molecule has 0 spiro atoms. The maximum Gasteiger partial charge on any atom is 0.338 e. The van der Waals surface area contributed by atoms with Gasteiger partial charge in [0.2, 0.25) is 0 Å². The predicted octanol–water partition coefficient (Wildman–Crippen LogP) is -2.26. The number of rotatable bonds is 1. The second kappa shape index (κ2) is 5.85. The molecule has 12 heavy (non-hydrogen) atoms. The molecule has 0 radical (unpaired) electrons. The Balaban J connectivity index is 0.00000121. The zero-order chi connectivity index (χ0) is 8.27. The van der Waals surface area contributed by atoms with E-state index in [0.29, 0.717) is 10.9 Å². The van der Waals surface area contributed by atoms with Crippen molar-refractivity contribution in [1.82, 2.24) is 0 Å². The third-order valence-corrected chi connectivity index (χ3v) is 3.44. The minimum Gasteiger partial charge on any atom is -1.00 e. The largest absolute Gasteiger partial charge is 1.00 e. The number of hydrogen-bond donors (Lipinski definition) is 0. The van der Waals surface area contributed by atoms with E-state index in [0.717, 1.165) is 17.7 Å². The Kier molecular flexibility index (Phi) is 6.00. The molecule has 0 aromatic carbocycles. The molecule has 0 aromatic heterocycles. The van der Waals surface area contributed by atoms with Crippen molar-refractivity contribution in [3.63, 3.8) is 0 Å². The molecule has 1 atom stereocenters. The van der Waals surface area contributed by atoms with Crippen molar-refractivity contribution in [2.75, 3.05) is 24.9 Å². The van der Waals surface area contributed by atoms with Crippen LogP contribution in [0.5, 0.6) is 0 Å². The summed E-state index contributed by atoms with van der Waals surface area (Å²) in [6.07, 6.45) is 5.22. The van der Waals surface area contributed by atoms with Crippen molar-refractivity contribution in [2.45, 2.75) is 6.42 Å². The highest BCUT2D eigenvalue weighted by Crippen LogP contribution is 2.12. The van der Waals surface area contributed by atoms with Gasteiger partial charge >= 0.3 is 5.97 Å². The molecule has 1 aliphatic rings. The summed E-state index contributed by atoms with van der Waals surface area (Å²) in [5.41, 5.74) is 0.865. The van der Waals surface area contributed by atoms with E-state index in [1.54, 1.807) is 0 Å². The Morgan fingerprint density at radius 3 is 2.83 bits per heavy atom. The first-order chi connectivity index (χ1) is 5.24. The van der Waals surface area contributed by atoms with Gasteiger partial charge in [-0.3, -0.25) is 0 Å². The van der Waals surface area contributed by atoms with Crippen LogP contribution in [-0.4, -0.2) is 30.8 Å². The van der Waals surface area contributed by atoms with Gasteiger partial charge < -0.3 is 28.7 Å². The molecule has 70 valence electrons. The van der Waals surface area contributed by atoms with E-state index in [1.165, 1.54) is 12.9 Å². The second-order valence-electron chi connectivity index (χ2n) is 2.64. The number of allylic oxidation sites excluding steroid dienone is 1. The Morgan fingerprint density at radius 1 is 1.67 bits per heavy atom. The molecule has 1 unspecified atom stereocenters. The van der Waals surface area contributed by atoms with Gasteiger partial charge in [-0.25, -0.2) is 4.79 Å². The van der Waals surface area contributed by atoms with Crippen LogP contribution in [0.25, 0.3) is 0 Å². The molecule has 4 heteroatoms. The number of methoxy groups -OCH3 is 1. The molecule has 0 saturated heterocycles. The quantitative estimate of drug-likeness (QED) is 0.310. The molecule has 1 heterocycles. The summed E-state index contributed by atoms with van der Waals surface area (Å²) in [6.45, 7) is 0. The first kappa shape index (κ1) is 12.3. The number of esters is 1. The summed E-state index contributed by atoms with van der Waals surface area (Å²) in [4.78, 5) is 11.0. The minimum atomic E-state index is -0.149. The van der Waals surface area contributed by atoms with E-state index >= 15 is 0 Å². The Bertz CT molecular complexity index is 191. The van der Waals surface area contributed by atoms with E-state index < -0.39 is 0 Å². The number of carbonyl (C=O) groups excluding carboxylic acids is 1. The standard InChI is InChI=1S/C8H13O2S.HI/c1-10-8(9)7-4-3-5-11(2)6-7;/h4H,3,5-6H2,1-2H3;1H/q+1;/p-1. The SMILES string of the molecule is COC(=O)C1=CCC[S+](C)C1.[I-]. The predicted molar refractivity (Wildman–Crippen MR) is 47.7 cm³/mol. The zero-order valence-corrected chi connectivity index (χ0v) is 10.3. The average molecular weight is 300 g/mol. The van der Waals surface area contributed by atoms with Crippen LogP contribution in [-0.2, 0) is 20.4 Å². The van der Waals surface area contributed by atoms with Crippen LogP contribution in [0.1, 0.15) is 6.42 Å². The van der Waals surface area contributed by atoms with Gasteiger partial charge in [0.25, 0.3) is 0 Å². The van der Waals surface area contributed by atoms with Gasteiger partial charge in [0.1, 0.15) is 11.5 Å². The van der Waals surface area contributed by atoms with Gasteiger partial charge in [-0.05, 0) is 10.9 Å². The molecule has 0 bridgehead atoms. The highest BCUT2D eigenvalue weighted by Gasteiger charge is 2.23. The first-order valence-corrected chi connectivity index (χ1v) is 5.57. The number of halogens is 1. The van der Waals surface area contributed by atoms with Gasteiger partial charge in [0, 0.05) is 6.42 Å². The molecule has 0 aromatic rings. The van der Waals surface area contributed by atoms with Crippen LogP contribution >= 0.6 is 0 Å². The molecule has 0 N–H and O–H groups in total. The third kappa shape index (κ3) is 3.35. The Hall–Kier alpha value is 0.290. The fourth-order valence-electron chi connectivity index (χ4n) is 1.10. The fourth-order valence-corrected chi connectivity index (χ4v) is 2.54. The lowest BCUT2D eigenvalue weighted by molar-refractivity contribution is -0.136. The molecular weight excluding hydrogens is 287 g/mol. The van der Waals surface area contributed by atoms with Crippen LogP contribution < -0.4 is 24.0 Å². The number of hydrogen-bond acceptors (Lipinski definition) is 2. The van der Waals surface area contributed by atoms with Crippen molar-refractivity contribution >= 4 is 16.9 Å². The highest BCUT2D eigenvalue weighted by molar-refractivity contribution is 7.96. The van der Waals surface area contributed by atoms with E-state index in [1.807, 2.05) is 6.08 Å². The average Bonchev–Trinajstić information content (AvgIpc) is 2.03. The molecule has 1 aliphatic heterocycles. The second-order valence-corrected chi connectivity index (χ2v) is 4.90. The maximum absolute atomic E-state index is 11.0. The van der Waals surface area contributed by atoms with Crippen LogP contribution in [0.2, 0.25) is 0 Å². The summed E-state index contributed by atoms with van der Waals surface area (Å²) in [7, 11) is 1.82. The molecule has 0 amide bonds. The molecule has 0 saturated carbocycles. The molecule has 0 fully saturated rings. The summed E-state index contributed by atoms with van der Waals surface area (Å²) in [5, 5.41) is 0. The van der Waals surface area contributed by atoms with Crippen LogP contribution in [0.15, 0.2) is 11.6 Å². The van der Waals surface area contributed by atoms with E-state index in [9.17, 15) is 4.79 Å². The van der Waals surface area contributed by atoms with Gasteiger partial charge in [-0.1, -0.05) is 6.08 Å². The van der Waals surface area contributed by atoms with Gasteiger partial charge in [-0.15, -0.1) is 0 Å². The van der Waals surface area contributed by atoms with Crippen molar-refractivity contribution in [3.8, 4) is 0 Å². The highest BCUT2D eigenvalue weighted by atomic mass is 127. The van der Waals surface area contributed by atoms with E-state index in [-0.39, 0.29) is 29.9 Å². The van der Waals surface area contributed by atoms with Crippen molar-refractivity contribution < 1.29 is 33.5 Å². The lowest BCUT2D eigenvalue weighted by atomic mass is 10.2. The Labute approximate surface area is 93.1 Å². The lowest BCUT2D eigenvalue weighted by Gasteiger charge is -2.09. The van der Waals surface area contributed by atoms with Crippen molar-refractivity contribution in [1.29, 1.82) is 0 Å². The molecule has 2 nitrogen and oxygen atoms in total. The van der Waals surface area contributed by atoms with Crippen LogP contribution in [0.4, 0.5) is 0 Å². The van der Waals surface area contributed by atoms with E-state index in [2.05, 4.69) is 11.0 Å². The normalized spacial score (nSPS) is 22.2. The zero-order valence-electron chi connectivity index (χ0n) is 7.30. The molecule has 1 rings (SSSR count). The Morgan fingerprint density at radius 2 is 2.33 bits per heavy atom. The maximum atomic E-state index is 11.0. The molecule has 0 aliphatic carbocycles. The minimum absolute atomic E-state index is 0. The first-order valence-electron chi connectivity index (χ1n) is 3.60. The lowest BCUT2D eigenvalue weighted by Crippen LogP contribution is -3.00. The van der Waals surface area contributed by atoms with E-state index in [4.69, 9.17) is 0 Å². The van der Waals surface area contributed by atoms with Crippen LogP contribution in [0, 0.1) is 0 Å². The summed E-state index contributed by atoms with van der Waals surface area (Å²) in [6, 6.07) is 0. The van der Waals surface area contributed by atoms with Crippen LogP contribution in [0.3, 0.4) is 0 Å².